The highest BCUT2D eigenvalue weighted by molar-refractivity contribution is 4.49. The maximum absolute atomic E-state index is 9.83. The molecule has 118 valence electrons. The summed E-state index contributed by atoms with van der Waals surface area (Å²) in [6.07, 6.45) is -1.55. The summed E-state index contributed by atoms with van der Waals surface area (Å²) >= 11 is 0. The van der Waals surface area contributed by atoms with Crippen molar-refractivity contribution in [2.24, 2.45) is 0 Å². The highest BCUT2D eigenvalue weighted by atomic mass is 17.0. The van der Waals surface area contributed by atoms with E-state index in [9.17, 15) is 30.3 Å². The molecule has 0 spiro atoms. The lowest BCUT2D eigenvalue weighted by atomic mass is 10.4. The zero-order chi connectivity index (χ0) is 15.4. The lowest BCUT2D eigenvalue weighted by Gasteiger charge is -2.11. The quantitative estimate of drug-likeness (QED) is 0.422. The monoisotopic (exact) mass is 307 g/mol. The van der Waals surface area contributed by atoms with Crippen LogP contribution in [0.15, 0.2) is 0 Å². The second-order valence-corrected chi connectivity index (χ2v) is 2.21. The van der Waals surface area contributed by atoms with E-state index in [0.717, 1.165) is 0 Å². The van der Waals surface area contributed by atoms with Crippen molar-refractivity contribution in [3.05, 3.63) is 45.7 Å². The van der Waals surface area contributed by atoms with Crippen LogP contribution >= 0.6 is 0 Å². The van der Waals surface area contributed by atoms with Crippen LogP contribution in [0.2, 0.25) is 0 Å². The number of hydrogen-bond acceptors (Lipinski definition) is 12. The minimum absolute atomic E-state index is 0. The Morgan fingerprint density at radius 1 is 0.750 bits per heavy atom. The van der Waals surface area contributed by atoms with Crippen molar-refractivity contribution in [3.63, 3.8) is 0 Å². The summed E-state index contributed by atoms with van der Waals surface area (Å²) in [4.78, 5) is 48.8. The molecule has 0 rings (SSSR count). The molecule has 17 nitrogen and oxygen atoms in total. The van der Waals surface area contributed by atoms with E-state index in [1.165, 1.54) is 0 Å². The standard InChI is InChI=1S/C3H5N3O9.NO3.H3N/c7-4(8)13-1-3(15-6(11)12)2-14-5(9)10;2-1(3)4;/h3H,1-2H2;;1H3/q;-1;/p+1. The van der Waals surface area contributed by atoms with E-state index in [0.29, 0.717) is 0 Å². The zero-order valence-corrected chi connectivity index (χ0v) is 9.68. The van der Waals surface area contributed by atoms with E-state index in [4.69, 9.17) is 15.3 Å². The SMILES string of the molecule is O=[N+]([O-])OCC(CO[N+](=O)[O-])O[N+](=O)[O-].O=[N+]([O-])[O-].[NH4+]. The predicted octanol–water partition coefficient (Wildman–Crippen LogP) is -0.883. The molecule has 0 aromatic carbocycles. The minimum atomic E-state index is -1.75. The predicted molar refractivity (Wildman–Crippen MR) is 54.1 cm³/mol. The molecule has 0 aromatic rings. The maximum Gasteiger partial charge on any atom is 0.294 e. The Kier molecular flexibility index (Phi) is 13.4. The van der Waals surface area contributed by atoms with Gasteiger partial charge in [-0.05, 0) is 0 Å². The molecule has 0 aliphatic rings. The molecule has 0 saturated carbocycles. The van der Waals surface area contributed by atoms with Crippen LogP contribution in [-0.4, -0.2) is 39.7 Å². The van der Waals surface area contributed by atoms with Gasteiger partial charge in [-0.2, -0.15) is 0 Å². The lowest BCUT2D eigenvalue weighted by molar-refractivity contribution is -0.803. The fourth-order valence-electron chi connectivity index (χ4n) is 0.519. The molecular formula is C3H9N5O12. The van der Waals surface area contributed by atoms with E-state index in [-0.39, 0.29) is 6.15 Å². The topological polar surface area (TPSA) is 260 Å². The number of rotatable bonds is 8. The molecule has 0 saturated heterocycles. The molecule has 0 fully saturated rings. The van der Waals surface area contributed by atoms with Gasteiger partial charge in [-0.3, -0.25) is 0 Å². The van der Waals surface area contributed by atoms with Gasteiger partial charge in [-0.25, -0.2) is 0 Å². The van der Waals surface area contributed by atoms with Gasteiger partial charge in [0, 0.05) is 0 Å². The van der Waals surface area contributed by atoms with Crippen molar-refractivity contribution in [3.8, 4) is 0 Å². The van der Waals surface area contributed by atoms with Gasteiger partial charge in [0.25, 0.3) is 15.3 Å². The van der Waals surface area contributed by atoms with E-state index in [1.54, 1.807) is 0 Å². The molecule has 0 unspecified atom stereocenters. The average Bonchev–Trinajstić information content (AvgIpc) is 2.20. The first-order valence-electron chi connectivity index (χ1n) is 3.82. The van der Waals surface area contributed by atoms with E-state index in [2.05, 4.69) is 14.5 Å². The minimum Gasteiger partial charge on any atom is -0.369 e. The van der Waals surface area contributed by atoms with Gasteiger partial charge in [-0.15, -0.1) is 30.3 Å². The summed E-state index contributed by atoms with van der Waals surface area (Å²) in [6.45, 7) is -1.69. The smallest absolute Gasteiger partial charge is 0.294 e. The molecule has 20 heavy (non-hydrogen) atoms. The highest BCUT2D eigenvalue weighted by Crippen LogP contribution is 1.96. The van der Waals surface area contributed by atoms with Gasteiger partial charge in [-0.1, -0.05) is 0 Å². The van der Waals surface area contributed by atoms with Crippen LogP contribution in [-0.2, 0) is 14.5 Å². The fraction of sp³-hybridized carbons (Fsp3) is 1.00. The molecule has 0 amide bonds. The van der Waals surface area contributed by atoms with Gasteiger partial charge in [0.15, 0.2) is 6.10 Å². The van der Waals surface area contributed by atoms with E-state index >= 15 is 0 Å². The van der Waals surface area contributed by atoms with Crippen molar-refractivity contribution in [1.29, 1.82) is 0 Å². The Labute approximate surface area is 107 Å². The molecule has 0 heterocycles. The summed E-state index contributed by atoms with van der Waals surface area (Å²) in [7, 11) is 0. The molecule has 0 radical (unpaired) electrons. The zero-order valence-electron chi connectivity index (χ0n) is 9.68. The molecular weight excluding hydrogens is 298 g/mol. The van der Waals surface area contributed by atoms with Crippen LogP contribution in [0.1, 0.15) is 0 Å². The van der Waals surface area contributed by atoms with E-state index < -0.39 is 39.7 Å². The van der Waals surface area contributed by atoms with Crippen molar-refractivity contribution in [1.82, 2.24) is 6.15 Å². The van der Waals surface area contributed by atoms with Crippen LogP contribution in [0, 0.1) is 45.7 Å². The van der Waals surface area contributed by atoms with E-state index in [1.807, 2.05) is 0 Å². The van der Waals surface area contributed by atoms with Gasteiger partial charge in [0.05, 0.1) is 5.09 Å². The third-order valence-electron chi connectivity index (χ3n) is 0.967. The Morgan fingerprint density at radius 3 is 1.25 bits per heavy atom. The van der Waals surface area contributed by atoms with Crippen molar-refractivity contribution in [2.75, 3.05) is 13.2 Å². The molecule has 0 aliphatic heterocycles. The lowest BCUT2D eigenvalue weighted by Crippen LogP contribution is -2.30. The van der Waals surface area contributed by atoms with Crippen LogP contribution in [0.3, 0.4) is 0 Å². The number of nitrogens with zero attached hydrogens (tertiary/aromatic N) is 4. The van der Waals surface area contributed by atoms with Crippen LogP contribution in [0.25, 0.3) is 0 Å². The molecule has 0 atom stereocenters. The Morgan fingerprint density at radius 2 is 1.05 bits per heavy atom. The second-order valence-electron chi connectivity index (χ2n) is 2.21. The summed E-state index contributed by atoms with van der Waals surface area (Å²) in [5.41, 5.74) is 0. The molecule has 0 aliphatic carbocycles. The first-order chi connectivity index (χ1) is 8.65. The molecule has 4 N–H and O–H groups in total. The largest absolute Gasteiger partial charge is 0.369 e. The summed E-state index contributed by atoms with van der Waals surface area (Å²) < 4.78 is 0. The number of hydrogen-bond donors (Lipinski definition) is 1. The van der Waals surface area contributed by atoms with Gasteiger partial charge < -0.3 is 36.0 Å². The maximum atomic E-state index is 9.83. The first-order valence-corrected chi connectivity index (χ1v) is 3.82. The van der Waals surface area contributed by atoms with Crippen molar-refractivity contribution in [2.45, 2.75) is 6.10 Å². The van der Waals surface area contributed by atoms with Crippen molar-refractivity contribution < 1.29 is 34.9 Å². The molecule has 17 heteroatoms. The van der Waals surface area contributed by atoms with Crippen LogP contribution in [0.4, 0.5) is 0 Å². The van der Waals surface area contributed by atoms with Gasteiger partial charge >= 0.3 is 0 Å². The highest BCUT2D eigenvalue weighted by Gasteiger charge is 2.17. The van der Waals surface area contributed by atoms with Gasteiger partial charge in [0.1, 0.15) is 13.2 Å². The Balaban J connectivity index is -0.000000508. The van der Waals surface area contributed by atoms with Gasteiger partial charge in [0.2, 0.25) is 0 Å². The average molecular weight is 307 g/mol. The Bertz CT molecular complexity index is 309. The first kappa shape index (κ1) is 22.0. The number of quaternary nitrogens is 1. The summed E-state index contributed by atoms with van der Waals surface area (Å²) in [5.74, 6) is 0. The fourth-order valence-corrected chi connectivity index (χ4v) is 0.519. The third-order valence-corrected chi connectivity index (χ3v) is 0.967. The normalized spacial score (nSPS) is 8.25. The summed E-state index contributed by atoms with van der Waals surface area (Å²) in [5, 5.41) is 40.3. The second kappa shape index (κ2) is 12.2. The van der Waals surface area contributed by atoms with Crippen LogP contribution in [0.5, 0.6) is 0 Å². The van der Waals surface area contributed by atoms with Crippen molar-refractivity contribution >= 4 is 0 Å². The third kappa shape index (κ3) is 24.1. The molecule has 0 aromatic heterocycles. The molecule has 0 bridgehead atoms. The van der Waals surface area contributed by atoms with Crippen LogP contribution < -0.4 is 6.15 Å². The Hall–Kier alpha value is -3.24. The summed E-state index contributed by atoms with van der Waals surface area (Å²) in [6, 6.07) is 0.